The molecule has 0 radical (unpaired) electrons. The van der Waals surface area contributed by atoms with Crippen LogP contribution in [0, 0.1) is 0 Å². The molecule has 0 heterocycles. The molecule has 92 valence electrons. The third-order valence-electron chi connectivity index (χ3n) is 3.59. The molecule has 17 heavy (non-hydrogen) atoms. The Morgan fingerprint density at radius 2 is 2.00 bits per heavy atom. The lowest BCUT2D eigenvalue weighted by molar-refractivity contribution is 0.101. The van der Waals surface area contributed by atoms with Gasteiger partial charge in [0, 0.05) is 28.8 Å². The van der Waals surface area contributed by atoms with Crippen molar-refractivity contribution in [2.45, 2.75) is 38.6 Å². The summed E-state index contributed by atoms with van der Waals surface area (Å²) in [6.07, 6.45) is 5.08. The minimum Gasteiger partial charge on any atom is -0.371 e. The standard InChI is InChI=1S/C14H18BrNO/c1-10(17)13-8-7-11(15)9-14(13)16(2)12-5-3-4-6-12/h7-9,12H,3-6H2,1-2H3. The number of hydrogen-bond donors (Lipinski definition) is 0. The summed E-state index contributed by atoms with van der Waals surface area (Å²) in [4.78, 5) is 13.9. The zero-order chi connectivity index (χ0) is 12.4. The fraction of sp³-hybridized carbons (Fsp3) is 0.500. The van der Waals surface area contributed by atoms with Crippen molar-refractivity contribution in [2.24, 2.45) is 0 Å². The first kappa shape index (κ1) is 12.6. The molecular weight excluding hydrogens is 278 g/mol. The molecular formula is C14H18BrNO. The SMILES string of the molecule is CC(=O)c1ccc(Br)cc1N(C)C1CCCC1. The van der Waals surface area contributed by atoms with E-state index in [-0.39, 0.29) is 5.78 Å². The molecule has 0 saturated heterocycles. The Labute approximate surface area is 111 Å². The van der Waals surface area contributed by atoms with Crippen LogP contribution in [0.25, 0.3) is 0 Å². The summed E-state index contributed by atoms with van der Waals surface area (Å²) in [6, 6.07) is 6.48. The van der Waals surface area contributed by atoms with Crippen molar-refractivity contribution in [3.05, 3.63) is 28.2 Å². The van der Waals surface area contributed by atoms with E-state index in [2.05, 4.69) is 33.9 Å². The van der Waals surface area contributed by atoms with Gasteiger partial charge in [0.2, 0.25) is 0 Å². The predicted molar refractivity (Wildman–Crippen MR) is 74.8 cm³/mol. The Kier molecular flexibility index (Phi) is 3.87. The van der Waals surface area contributed by atoms with E-state index in [9.17, 15) is 4.79 Å². The quantitative estimate of drug-likeness (QED) is 0.785. The predicted octanol–water partition coefficient (Wildman–Crippen LogP) is 4.03. The number of hydrogen-bond acceptors (Lipinski definition) is 2. The maximum Gasteiger partial charge on any atom is 0.161 e. The van der Waals surface area contributed by atoms with E-state index in [0.717, 1.165) is 15.7 Å². The maximum atomic E-state index is 11.7. The van der Waals surface area contributed by atoms with Crippen LogP contribution in [0.4, 0.5) is 5.69 Å². The summed E-state index contributed by atoms with van der Waals surface area (Å²) in [7, 11) is 2.10. The maximum absolute atomic E-state index is 11.7. The normalized spacial score (nSPS) is 16.2. The highest BCUT2D eigenvalue weighted by Crippen LogP contribution is 2.31. The van der Waals surface area contributed by atoms with Crippen LogP contribution in [0.5, 0.6) is 0 Å². The Hall–Kier alpha value is -0.830. The van der Waals surface area contributed by atoms with Crippen LogP contribution in [-0.2, 0) is 0 Å². The largest absolute Gasteiger partial charge is 0.371 e. The van der Waals surface area contributed by atoms with Gasteiger partial charge in [-0.25, -0.2) is 0 Å². The molecule has 1 aromatic carbocycles. The number of benzene rings is 1. The smallest absolute Gasteiger partial charge is 0.161 e. The van der Waals surface area contributed by atoms with E-state index in [1.807, 2.05) is 12.1 Å². The van der Waals surface area contributed by atoms with E-state index in [0.29, 0.717) is 6.04 Å². The van der Waals surface area contributed by atoms with E-state index in [1.165, 1.54) is 25.7 Å². The van der Waals surface area contributed by atoms with Crippen molar-refractivity contribution in [2.75, 3.05) is 11.9 Å². The molecule has 1 aliphatic carbocycles. The first-order valence-electron chi connectivity index (χ1n) is 6.13. The fourth-order valence-electron chi connectivity index (χ4n) is 2.58. The van der Waals surface area contributed by atoms with Crippen molar-refractivity contribution in [3.8, 4) is 0 Å². The molecule has 3 heteroatoms. The third kappa shape index (κ3) is 2.71. The van der Waals surface area contributed by atoms with Gasteiger partial charge in [0.1, 0.15) is 0 Å². The van der Waals surface area contributed by atoms with E-state index < -0.39 is 0 Å². The Morgan fingerprint density at radius 3 is 2.59 bits per heavy atom. The van der Waals surface area contributed by atoms with Gasteiger partial charge in [-0.05, 0) is 38.0 Å². The highest BCUT2D eigenvalue weighted by molar-refractivity contribution is 9.10. The topological polar surface area (TPSA) is 20.3 Å². The first-order valence-corrected chi connectivity index (χ1v) is 6.92. The molecule has 1 saturated carbocycles. The summed E-state index contributed by atoms with van der Waals surface area (Å²) < 4.78 is 1.03. The van der Waals surface area contributed by atoms with Crippen LogP contribution >= 0.6 is 15.9 Å². The summed E-state index contributed by atoms with van der Waals surface area (Å²) in [5.74, 6) is 0.136. The highest BCUT2D eigenvalue weighted by Gasteiger charge is 2.22. The molecule has 0 aromatic heterocycles. The van der Waals surface area contributed by atoms with Crippen LogP contribution in [0.1, 0.15) is 43.0 Å². The fourth-order valence-corrected chi connectivity index (χ4v) is 2.93. The molecule has 2 rings (SSSR count). The lowest BCUT2D eigenvalue weighted by atomic mass is 10.1. The van der Waals surface area contributed by atoms with E-state index >= 15 is 0 Å². The van der Waals surface area contributed by atoms with Crippen LogP contribution in [0.2, 0.25) is 0 Å². The van der Waals surface area contributed by atoms with Gasteiger partial charge in [0.05, 0.1) is 0 Å². The Morgan fingerprint density at radius 1 is 1.35 bits per heavy atom. The molecule has 0 amide bonds. The summed E-state index contributed by atoms with van der Waals surface area (Å²) in [5.41, 5.74) is 1.88. The van der Waals surface area contributed by atoms with Gasteiger partial charge in [-0.15, -0.1) is 0 Å². The second-order valence-electron chi connectivity index (χ2n) is 4.77. The van der Waals surface area contributed by atoms with Gasteiger partial charge in [-0.3, -0.25) is 4.79 Å². The summed E-state index contributed by atoms with van der Waals surface area (Å²) >= 11 is 3.48. The summed E-state index contributed by atoms with van der Waals surface area (Å²) in [6.45, 7) is 1.63. The van der Waals surface area contributed by atoms with Crippen molar-refractivity contribution in [3.63, 3.8) is 0 Å². The third-order valence-corrected chi connectivity index (χ3v) is 4.08. The van der Waals surface area contributed by atoms with Gasteiger partial charge in [-0.1, -0.05) is 28.8 Å². The van der Waals surface area contributed by atoms with Gasteiger partial charge in [-0.2, -0.15) is 0 Å². The van der Waals surface area contributed by atoms with Crippen molar-refractivity contribution in [1.29, 1.82) is 0 Å². The summed E-state index contributed by atoms with van der Waals surface area (Å²) in [5, 5.41) is 0. The van der Waals surface area contributed by atoms with Crippen LogP contribution in [0.3, 0.4) is 0 Å². The van der Waals surface area contributed by atoms with Crippen molar-refractivity contribution >= 4 is 27.4 Å². The average molecular weight is 296 g/mol. The molecule has 1 fully saturated rings. The van der Waals surface area contributed by atoms with Crippen molar-refractivity contribution in [1.82, 2.24) is 0 Å². The molecule has 0 bridgehead atoms. The molecule has 0 spiro atoms. The Balaban J connectivity index is 2.34. The van der Waals surface area contributed by atoms with Gasteiger partial charge >= 0.3 is 0 Å². The Bertz CT molecular complexity index is 424. The van der Waals surface area contributed by atoms with Crippen molar-refractivity contribution < 1.29 is 4.79 Å². The zero-order valence-electron chi connectivity index (χ0n) is 10.4. The minimum atomic E-state index is 0.136. The molecule has 0 N–H and O–H groups in total. The molecule has 0 atom stereocenters. The van der Waals surface area contributed by atoms with Gasteiger partial charge < -0.3 is 4.90 Å². The highest BCUT2D eigenvalue weighted by atomic mass is 79.9. The second kappa shape index (κ2) is 5.21. The lowest BCUT2D eigenvalue weighted by Crippen LogP contribution is -2.30. The number of nitrogens with zero attached hydrogens (tertiary/aromatic N) is 1. The first-order chi connectivity index (χ1) is 8.09. The van der Waals surface area contributed by atoms with Gasteiger partial charge in [0.15, 0.2) is 5.78 Å². The van der Waals surface area contributed by atoms with E-state index in [1.54, 1.807) is 6.92 Å². The number of halogens is 1. The second-order valence-corrected chi connectivity index (χ2v) is 5.68. The molecule has 1 aliphatic rings. The number of carbonyl (C=O) groups excluding carboxylic acids is 1. The molecule has 1 aromatic rings. The molecule has 0 aliphatic heterocycles. The lowest BCUT2D eigenvalue weighted by Gasteiger charge is -2.28. The number of rotatable bonds is 3. The number of ketones is 1. The van der Waals surface area contributed by atoms with Crippen LogP contribution in [-0.4, -0.2) is 18.9 Å². The van der Waals surface area contributed by atoms with E-state index in [4.69, 9.17) is 0 Å². The monoisotopic (exact) mass is 295 g/mol. The zero-order valence-corrected chi connectivity index (χ0v) is 12.0. The van der Waals surface area contributed by atoms with Crippen LogP contribution in [0.15, 0.2) is 22.7 Å². The number of Topliss-reactive ketones (excluding diaryl/α,β-unsaturated/α-hetero) is 1. The molecule has 2 nitrogen and oxygen atoms in total. The number of carbonyl (C=O) groups is 1. The average Bonchev–Trinajstić information content (AvgIpc) is 2.80. The molecule has 0 unspecified atom stereocenters. The number of anilines is 1. The minimum absolute atomic E-state index is 0.136. The van der Waals surface area contributed by atoms with Gasteiger partial charge in [0.25, 0.3) is 0 Å². The van der Waals surface area contributed by atoms with Crippen LogP contribution < -0.4 is 4.90 Å².